The summed E-state index contributed by atoms with van der Waals surface area (Å²) in [4.78, 5) is 2.10. The van der Waals surface area contributed by atoms with Gasteiger partial charge in [0.1, 0.15) is 5.75 Å². The van der Waals surface area contributed by atoms with Crippen molar-refractivity contribution in [2.24, 2.45) is 0 Å². The van der Waals surface area contributed by atoms with Crippen LogP contribution in [0.1, 0.15) is 11.1 Å². The molecule has 0 amide bonds. The van der Waals surface area contributed by atoms with Crippen LogP contribution in [0, 0.1) is 0 Å². The topological polar surface area (TPSA) is 32.7 Å². The fraction of sp³-hybridized carbons (Fsp3) is 0.294. The van der Waals surface area contributed by atoms with Crippen molar-refractivity contribution < 1.29 is 9.84 Å². The summed E-state index contributed by atoms with van der Waals surface area (Å²) in [5, 5.41) is 10.2. The highest BCUT2D eigenvalue weighted by molar-refractivity contribution is 6.32. The lowest BCUT2D eigenvalue weighted by Crippen LogP contribution is -2.10. The molecule has 3 nitrogen and oxygen atoms in total. The predicted octanol–water partition coefficient (Wildman–Crippen LogP) is 3.57. The molecule has 0 aromatic heterocycles. The molecular formula is C17H20ClNO2. The van der Waals surface area contributed by atoms with Gasteiger partial charge < -0.3 is 14.7 Å². The smallest absolute Gasteiger partial charge is 0.137 e. The number of benzene rings is 2. The number of hydrogen-bond donors (Lipinski definition) is 1. The van der Waals surface area contributed by atoms with Gasteiger partial charge in [0.15, 0.2) is 0 Å². The molecule has 2 aromatic rings. The van der Waals surface area contributed by atoms with E-state index in [4.69, 9.17) is 16.3 Å². The Morgan fingerprint density at radius 1 is 1.14 bits per heavy atom. The minimum Gasteiger partial charge on any atom is -0.495 e. The molecule has 0 unspecified atom stereocenters. The van der Waals surface area contributed by atoms with E-state index in [0.29, 0.717) is 10.8 Å². The second-order valence-electron chi connectivity index (χ2n) is 5.24. The van der Waals surface area contributed by atoms with Crippen LogP contribution in [0.2, 0.25) is 5.02 Å². The molecule has 0 radical (unpaired) electrons. The zero-order valence-electron chi connectivity index (χ0n) is 12.6. The average Bonchev–Trinajstić information content (AvgIpc) is 2.46. The van der Waals surface area contributed by atoms with Crippen molar-refractivity contribution in [2.45, 2.75) is 13.2 Å². The van der Waals surface area contributed by atoms with Crippen LogP contribution in [-0.4, -0.2) is 31.2 Å². The van der Waals surface area contributed by atoms with Gasteiger partial charge in [0.05, 0.1) is 18.7 Å². The highest BCUT2D eigenvalue weighted by Crippen LogP contribution is 2.32. The second-order valence-corrected chi connectivity index (χ2v) is 5.64. The van der Waals surface area contributed by atoms with Gasteiger partial charge in [-0.3, -0.25) is 0 Å². The number of rotatable bonds is 5. The molecule has 4 heteroatoms. The first kappa shape index (κ1) is 15.8. The summed E-state index contributed by atoms with van der Waals surface area (Å²) < 4.78 is 5.17. The lowest BCUT2D eigenvalue weighted by molar-refractivity contribution is 0.282. The van der Waals surface area contributed by atoms with E-state index < -0.39 is 0 Å². The van der Waals surface area contributed by atoms with Gasteiger partial charge in [-0.2, -0.15) is 0 Å². The van der Waals surface area contributed by atoms with E-state index in [0.717, 1.165) is 23.2 Å². The summed E-state index contributed by atoms with van der Waals surface area (Å²) in [5.41, 5.74) is 4.04. The number of aliphatic hydroxyl groups excluding tert-OH is 1. The highest BCUT2D eigenvalue weighted by atomic mass is 35.5. The normalized spacial score (nSPS) is 11.0. The van der Waals surface area contributed by atoms with Crippen molar-refractivity contribution >= 4 is 11.6 Å². The quantitative estimate of drug-likeness (QED) is 0.916. The van der Waals surface area contributed by atoms with Crippen molar-refractivity contribution in [2.75, 3.05) is 21.2 Å². The Bertz CT molecular complexity index is 626. The largest absolute Gasteiger partial charge is 0.495 e. The number of aliphatic hydroxyl groups is 1. The molecule has 2 rings (SSSR count). The van der Waals surface area contributed by atoms with Crippen LogP contribution in [0.25, 0.3) is 11.1 Å². The Morgan fingerprint density at radius 2 is 1.90 bits per heavy atom. The first-order valence-electron chi connectivity index (χ1n) is 6.76. The molecule has 112 valence electrons. The monoisotopic (exact) mass is 305 g/mol. The lowest BCUT2D eigenvalue weighted by atomic mass is 9.97. The predicted molar refractivity (Wildman–Crippen MR) is 86.8 cm³/mol. The summed E-state index contributed by atoms with van der Waals surface area (Å²) in [6.45, 7) is 0.844. The third-order valence-electron chi connectivity index (χ3n) is 3.30. The van der Waals surface area contributed by atoms with Gasteiger partial charge in [-0.15, -0.1) is 0 Å². The molecule has 0 saturated carbocycles. The van der Waals surface area contributed by atoms with Gasteiger partial charge >= 0.3 is 0 Å². The Morgan fingerprint density at radius 3 is 2.48 bits per heavy atom. The molecular weight excluding hydrogens is 286 g/mol. The summed E-state index contributed by atoms with van der Waals surface area (Å²) in [6, 6.07) is 11.8. The molecule has 2 aromatic carbocycles. The molecule has 0 aliphatic heterocycles. The van der Waals surface area contributed by atoms with Crippen molar-refractivity contribution in [3.8, 4) is 16.9 Å². The fourth-order valence-corrected chi connectivity index (χ4v) is 2.61. The number of ether oxygens (including phenoxy) is 1. The standard InChI is InChI=1S/C17H20ClNO2/c1-19(2)10-12-4-6-15(14(8-12)11-20)13-5-7-17(21-3)16(18)9-13/h4-9,20H,10-11H2,1-3H3. The van der Waals surface area contributed by atoms with Crippen molar-refractivity contribution in [1.29, 1.82) is 0 Å². The molecule has 0 bridgehead atoms. The molecule has 0 spiro atoms. The maximum Gasteiger partial charge on any atom is 0.137 e. The van der Waals surface area contributed by atoms with Gasteiger partial charge in [0, 0.05) is 6.54 Å². The summed E-state index contributed by atoms with van der Waals surface area (Å²) >= 11 is 6.18. The van der Waals surface area contributed by atoms with Crippen molar-refractivity contribution in [3.63, 3.8) is 0 Å². The first-order chi connectivity index (χ1) is 10.0. The molecule has 1 N–H and O–H groups in total. The molecule has 0 fully saturated rings. The van der Waals surface area contributed by atoms with Crippen LogP contribution < -0.4 is 4.74 Å². The molecule has 0 heterocycles. The van der Waals surface area contributed by atoms with E-state index in [1.54, 1.807) is 7.11 Å². The lowest BCUT2D eigenvalue weighted by Gasteiger charge is -2.14. The summed E-state index contributed by atoms with van der Waals surface area (Å²) in [5.74, 6) is 0.648. The third kappa shape index (κ3) is 3.76. The fourth-order valence-electron chi connectivity index (χ4n) is 2.36. The molecule has 0 aliphatic carbocycles. The van der Waals surface area contributed by atoms with Gasteiger partial charge in [0.2, 0.25) is 0 Å². The van der Waals surface area contributed by atoms with Crippen molar-refractivity contribution in [1.82, 2.24) is 4.90 Å². The number of nitrogens with zero attached hydrogens (tertiary/aromatic N) is 1. The number of hydrogen-bond acceptors (Lipinski definition) is 3. The van der Waals surface area contributed by atoms with Gasteiger partial charge in [0.25, 0.3) is 0 Å². The zero-order valence-corrected chi connectivity index (χ0v) is 13.3. The van der Waals surface area contributed by atoms with Crippen LogP contribution in [0.15, 0.2) is 36.4 Å². The Hall–Kier alpha value is -1.55. The van der Waals surface area contributed by atoms with Crippen LogP contribution in [-0.2, 0) is 13.2 Å². The molecule has 21 heavy (non-hydrogen) atoms. The number of methoxy groups -OCH3 is 1. The van der Waals surface area contributed by atoms with Gasteiger partial charge in [-0.1, -0.05) is 35.9 Å². The maximum atomic E-state index is 9.64. The second kappa shape index (κ2) is 6.94. The van der Waals surface area contributed by atoms with Crippen LogP contribution in [0.4, 0.5) is 0 Å². The first-order valence-corrected chi connectivity index (χ1v) is 7.14. The van der Waals surface area contributed by atoms with Crippen LogP contribution >= 0.6 is 11.6 Å². The number of halogens is 1. The van der Waals surface area contributed by atoms with E-state index in [-0.39, 0.29) is 6.61 Å². The van der Waals surface area contributed by atoms with Crippen LogP contribution in [0.5, 0.6) is 5.75 Å². The average molecular weight is 306 g/mol. The zero-order chi connectivity index (χ0) is 15.4. The third-order valence-corrected chi connectivity index (χ3v) is 3.60. The molecule has 0 saturated heterocycles. The summed E-state index contributed by atoms with van der Waals surface area (Å²) in [6.07, 6.45) is 0. The van der Waals surface area contributed by atoms with E-state index in [2.05, 4.69) is 11.0 Å². The van der Waals surface area contributed by atoms with Gasteiger partial charge in [-0.25, -0.2) is 0 Å². The van der Waals surface area contributed by atoms with E-state index in [1.165, 1.54) is 5.56 Å². The van der Waals surface area contributed by atoms with E-state index in [9.17, 15) is 5.11 Å². The van der Waals surface area contributed by atoms with E-state index >= 15 is 0 Å². The maximum absolute atomic E-state index is 9.64. The molecule has 0 atom stereocenters. The van der Waals surface area contributed by atoms with Crippen molar-refractivity contribution in [3.05, 3.63) is 52.5 Å². The molecule has 0 aliphatic rings. The highest BCUT2D eigenvalue weighted by Gasteiger charge is 2.09. The van der Waals surface area contributed by atoms with Crippen LogP contribution in [0.3, 0.4) is 0 Å². The SMILES string of the molecule is COc1ccc(-c2ccc(CN(C)C)cc2CO)cc1Cl. The Labute approximate surface area is 130 Å². The minimum atomic E-state index is 0.000248. The minimum absolute atomic E-state index is 0.000248. The van der Waals surface area contributed by atoms with E-state index in [1.807, 2.05) is 44.4 Å². The van der Waals surface area contributed by atoms with Gasteiger partial charge in [-0.05, 0) is 48.5 Å². The Balaban J connectivity index is 2.41. The summed E-state index contributed by atoms with van der Waals surface area (Å²) in [7, 11) is 5.64. The Kier molecular flexibility index (Phi) is 5.23.